The van der Waals surface area contributed by atoms with Crippen molar-refractivity contribution in [3.05, 3.63) is 88.7 Å². The molecule has 0 saturated carbocycles. The third-order valence-corrected chi connectivity index (χ3v) is 6.26. The highest BCUT2D eigenvalue weighted by Gasteiger charge is 2.23. The number of fused-ring (bicyclic) bond motifs is 1. The van der Waals surface area contributed by atoms with Gasteiger partial charge in [-0.2, -0.15) is 4.99 Å². The second-order valence-electron chi connectivity index (χ2n) is 7.01. The molecule has 5 nitrogen and oxygen atoms in total. The Morgan fingerprint density at radius 1 is 0.935 bits per heavy atom. The highest BCUT2D eigenvalue weighted by Crippen LogP contribution is 2.33. The lowest BCUT2D eigenvalue weighted by Gasteiger charge is -2.14. The maximum Gasteiger partial charge on any atom is 0.260 e. The number of aryl methyl sites for hydroxylation is 1. The molecule has 0 saturated heterocycles. The number of thiazole rings is 1. The summed E-state index contributed by atoms with van der Waals surface area (Å²) in [5.74, 6) is 0.662. The molecule has 4 rings (SSSR count). The monoisotopic (exact) mass is 432 g/mol. The van der Waals surface area contributed by atoms with Gasteiger partial charge in [-0.3, -0.25) is 4.79 Å². The largest absolute Gasteiger partial charge is 0.493 e. The second-order valence-corrected chi connectivity index (χ2v) is 8.02. The molecule has 31 heavy (non-hydrogen) atoms. The topological polar surface area (TPSA) is 52.8 Å². The van der Waals surface area contributed by atoms with Crippen LogP contribution in [0.25, 0.3) is 10.2 Å². The number of nitrogens with zero attached hydrogens (tertiary/aromatic N) is 2. The number of carbonyl (C=O) groups excluding carboxylic acids is 1. The van der Waals surface area contributed by atoms with Gasteiger partial charge < -0.3 is 14.0 Å². The van der Waals surface area contributed by atoms with Gasteiger partial charge in [0.25, 0.3) is 5.91 Å². The van der Waals surface area contributed by atoms with Crippen molar-refractivity contribution in [3.8, 4) is 11.5 Å². The molecule has 0 N–H and O–H groups in total. The average molecular weight is 433 g/mol. The molecule has 4 aromatic rings. The van der Waals surface area contributed by atoms with E-state index in [9.17, 15) is 4.79 Å². The van der Waals surface area contributed by atoms with Crippen LogP contribution in [0.3, 0.4) is 0 Å². The first kappa shape index (κ1) is 20.9. The first-order valence-electron chi connectivity index (χ1n) is 10.1. The summed E-state index contributed by atoms with van der Waals surface area (Å²) in [4.78, 5) is 18.7. The Labute approximate surface area is 185 Å². The van der Waals surface area contributed by atoms with Crippen molar-refractivity contribution in [2.45, 2.75) is 19.4 Å². The molecule has 0 atom stereocenters. The normalized spacial score (nSPS) is 11.8. The number of carbonyl (C=O) groups is 1. The molecule has 0 fully saturated rings. The fourth-order valence-electron chi connectivity index (χ4n) is 3.71. The van der Waals surface area contributed by atoms with Crippen molar-refractivity contribution in [3.63, 3.8) is 0 Å². The van der Waals surface area contributed by atoms with Gasteiger partial charge in [0.15, 0.2) is 16.3 Å². The van der Waals surface area contributed by atoms with Crippen LogP contribution >= 0.6 is 11.3 Å². The Hall–Kier alpha value is -3.38. The first-order valence-corrected chi connectivity index (χ1v) is 10.9. The van der Waals surface area contributed by atoms with Gasteiger partial charge in [0, 0.05) is 18.7 Å². The van der Waals surface area contributed by atoms with Crippen molar-refractivity contribution in [1.82, 2.24) is 4.57 Å². The van der Waals surface area contributed by atoms with E-state index in [0.717, 1.165) is 21.3 Å². The molecular weight excluding hydrogens is 408 g/mol. The summed E-state index contributed by atoms with van der Waals surface area (Å²) in [6, 6.07) is 23.4. The quantitative estimate of drug-likeness (QED) is 0.431. The summed E-state index contributed by atoms with van der Waals surface area (Å²) in [5, 5.41) is 0. The van der Waals surface area contributed by atoms with Gasteiger partial charge in [-0.15, -0.1) is 0 Å². The SMILES string of the molecule is CCn1c(=NC(=O)C(c2ccccc2)c2ccccc2)sc2cc(OC)c(OC)cc21. The second kappa shape index (κ2) is 9.18. The predicted octanol–water partition coefficient (Wildman–Crippen LogP) is 5.00. The maximum atomic E-state index is 13.5. The van der Waals surface area contributed by atoms with Gasteiger partial charge in [0.05, 0.1) is 30.4 Å². The molecular formula is C25H24N2O3S. The number of hydrogen-bond acceptors (Lipinski definition) is 4. The Balaban J connectivity index is 1.86. The smallest absolute Gasteiger partial charge is 0.260 e. The lowest BCUT2D eigenvalue weighted by atomic mass is 9.91. The number of hydrogen-bond donors (Lipinski definition) is 0. The van der Waals surface area contributed by atoms with Crippen LogP contribution in [-0.2, 0) is 11.3 Å². The zero-order valence-electron chi connectivity index (χ0n) is 17.7. The van der Waals surface area contributed by atoms with E-state index in [1.807, 2.05) is 84.3 Å². The third kappa shape index (κ3) is 4.11. The standard InChI is InChI=1S/C25H24N2O3S/c1-4-27-19-15-20(29-2)21(30-3)16-22(19)31-25(27)26-24(28)23(17-11-7-5-8-12-17)18-13-9-6-10-14-18/h5-16,23H,4H2,1-3H3. The van der Waals surface area contributed by atoms with Crippen molar-refractivity contribution >= 4 is 27.5 Å². The van der Waals surface area contributed by atoms with Gasteiger partial charge >= 0.3 is 0 Å². The minimum atomic E-state index is -0.456. The highest BCUT2D eigenvalue weighted by molar-refractivity contribution is 7.16. The number of aromatic nitrogens is 1. The number of ether oxygens (including phenoxy) is 2. The Bertz CT molecular complexity index is 1220. The Kier molecular flexibility index (Phi) is 6.18. The Morgan fingerprint density at radius 2 is 1.48 bits per heavy atom. The summed E-state index contributed by atoms with van der Waals surface area (Å²) in [6.45, 7) is 2.72. The maximum absolute atomic E-state index is 13.5. The molecule has 0 aliphatic heterocycles. The molecule has 158 valence electrons. The molecule has 1 amide bonds. The summed E-state index contributed by atoms with van der Waals surface area (Å²) < 4.78 is 13.9. The molecule has 0 radical (unpaired) electrons. The highest BCUT2D eigenvalue weighted by atomic mass is 32.1. The third-order valence-electron chi connectivity index (χ3n) is 5.22. The van der Waals surface area contributed by atoms with E-state index in [2.05, 4.69) is 4.99 Å². The fourth-order valence-corrected chi connectivity index (χ4v) is 4.82. The minimum Gasteiger partial charge on any atom is -0.493 e. The summed E-state index contributed by atoms with van der Waals surface area (Å²) in [7, 11) is 3.23. The first-order chi connectivity index (χ1) is 15.2. The Morgan fingerprint density at radius 3 is 2.00 bits per heavy atom. The van der Waals surface area contributed by atoms with Gasteiger partial charge in [0.2, 0.25) is 0 Å². The van der Waals surface area contributed by atoms with Gasteiger partial charge in [-0.05, 0) is 18.1 Å². The van der Waals surface area contributed by atoms with E-state index in [0.29, 0.717) is 22.8 Å². The van der Waals surface area contributed by atoms with Crippen molar-refractivity contribution in [1.29, 1.82) is 0 Å². The lowest BCUT2D eigenvalue weighted by Crippen LogP contribution is -2.20. The number of rotatable bonds is 6. The van der Waals surface area contributed by atoms with Gasteiger partial charge in [0.1, 0.15) is 0 Å². The molecule has 0 aliphatic carbocycles. The van der Waals surface area contributed by atoms with Crippen LogP contribution in [-0.4, -0.2) is 24.7 Å². The van der Waals surface area contributed by atoms with Crippen LogP contribution in [0, 0.1) is 0 Å². The van der Waals surface area contributed by atoms with Crippen LogP contribution in [0.1, 0.15) is 24.0 Å². The molecule has 0 spiro atoms. The van der Waals surface area contributed by atoms with Gasteiger partial charge in [-0.25, -0.2) is 0 Å². The molecule has 1 heterocycles. The van der Waals surface area contributed by atoms with E-state index in [1.165, 1.54) is 11.3 Å². The molecule has 3 aromatic carbocycles. The van der Waals surface area contributed by atoms with Crippen molar-refractivity contribution in [2.75, 3.05) is 14.2 Å². The van der Waals surface area contributed by atoms with E-state index < -0.39 is 5.92 Å². The molecule has 1 aromatic heterocycles. The van der Waals surface area contributed by atoms with E-state index in [-0.39, 0.29) is 5.91 Å². The summed E-state index contributed by atoms with van der Waals surface area (Å²) in [6.07, 6.45) is 0. The number of amides is 1. The fraction of sp³-hybridized carbons (Fsp3) is 0.200. The van der Waals surface area contributed by atoms with Crippen molar-refractivity contribution < 1.29 is 14.3 Å². The summed E-state index contributed by atoms with van der Waals surface area (Å²) >= 11 is 1.47. The van der Waals surface area contributed by atoms with Crippen LogP contribution in [0.2, 0.25) is 0 Å². The van der Waals surface area contributed by atoms with Crippen LogP contribution in [0.15, 0.2) is 77.8 Å². The molecule has 0 bridgehead atoms. The zero-order chi connectivity index (χ0) is 21.8. The average Bonchev–Trinajstić information content (AvgIpc) is 3.15. The summed E-state index contributed by atoms with van der Waals surface area (Å²) in [5.41, 5.74) is 2.82. The zero-order valence-corrected chi connectivity index (χ0v) is 18.6. The van der Waals surface area contributed by atoms with E-state index >= 15 is 0 Å². The predicted molar refractivity (Wildman–Crippen MR) is 124 cm³/mol. The molecule has 0 unspecified atom stereocenters. The van der Waals surface area contributed by atoms with E-state index in [1.54, 1.807) is 14.2 Å². The van der Waals surface area contributed by atoms with E-state index in [4.69, 9.17) is 9.47 Å². The van der Waals surface area contributed by atoms with Crippen LogP contribution in [0.5, 0.6) is 11.5 Å². The molecule has 0 aliphatic rings. The van der Waals surface area contributed by atoms with Crippen molar-refractivity contribution in [2.24, 2.45) is 4.99 Å². The lowest BCUT2D eigenvalue weighted by molar-refractivity contribution is -0.118. The number of benzene rings is 3. The van der Waals surface area contributed by atoms with Crippen LogP contribution < -0.4 is 14.3 Å². The minimum absolute atomic E-state index is 0.190. The van der Waals surface area contributed by atoms with Crippen LogP contribution in [0.4, 0.5) is 0 Å². The number of methoxy groups -OCH3 is 2. The molecule has 6 heteroatoms. The van der Waals surface area contributed by atoms with Gasteiger partial charge in [-0.1, -0.05) is 72.0 Å².